The number of rotatable bonds is 7. The van der Waals surface area contributed by atoms with Crippen LogP contribution in [0.15, 0.2) is 65.6 Å². The second kappa shape index (κ2) is 9.09. The van der Waals surface area contributed by atoms with Crippen LogP contribution in [0.2, 0.25) is 0 Å². The quantitative estimate of drug-likeness (QED) is 0.569. The molecule has 3 aromatic rings. The van der Waals surface area contributed by atoms with Crippen molar-refractivity contribution in [3.05, 3.63) is 77.4 Å². The molecule has 0 saturated carbocycles. The largest absolute Gasteiger partial charge is 0.497 e. The van der Waals surface area contributed by atoms with Crippen LogP contribution in [0.5, 0.6) is 11.5 Å². The van der Waals surface area contributed by atoms with Crippen molar-refractivity contribution in [2.45, 2.75) is 18.7 Å². The lowest BCUT2D eigenvalue weighted by molar-refractivity contribution is 0.102. The number of ether oxygens (including phenoxy) is 2. The first-order valence-electron chi connectivity index (χ1n) is 9.47. The van der Waals surface area contributed by atoms with Gasteiger partial charge in [0.1, 0.15) is 11.5 Å². The van der Waals surface area contributed by atoms with Gasteiger partial charge in [-0.15, -0.1) is 0 Å². The van der Waals surface area contributed by atoms with Crippen molar-refractivity contribution in [3.63, 3.8) is 0 Å². The van der Waals surface area contributed by atoms with E-state index >= 15 is 0 Å². The second-order valence-corrected chi connectivity index (χ2v) is 8.57. The first-order chi connectivity index (χ1) is 14.7. The maximum atomic E-state index is 13.0. The summed E-state index contributed by atoms with van der Waals surface area (Å²) in [6.07, 6.45) is 0. The summed E-state index contributed by atoms with van der Waals surface area (Å²) < 4.78 is 39.1. The number of hydrogen-bond acceptors (Lipinski definition) is 5. The molecule has 1 amide bonds. The monoisotopic (exact) mass is 440 g/mol. The third-order valence-corrected chi connectivity index (χ3v) is 6.29. The predicted molar refractivity (Wildman–Crippen MR) is 121 cm³/mol. The summed E-state index contributed by atoms with van der Waals surface area (Å²) in [5.41, 5.74) is 2.45. The Balaban J connectivity index is 1.90. The van der Waals surface area contributed by atoms with Crippen LogP contribution in [-0.4, -0.2) is 28.5 Å². The molecule has 162 valence electrons. The molecule has 0 unspecified atom stereocenters. The molecular weight excluding hydrogens is 416 g/mol. The number of carbonyl (C=O) groups is 1. The molecule has 3 aromatic carbocycles. The van der Waals surface area contributed by atoms with E-state index in [1.54, 1.807) is 49.4 Å². The molecule has 2 N–H and O–H groups in total. The minimum absolute atomic E-state index is 0.0325. The number of aryl methyl sites for hydroxylation is 2. The zero-order valence-electron chi connectivity index (χ0n) is 17.7. The highest BCUT2D eigenvalue weighted by molar-refractivity contribution is 7.92. The molecule has 0 radical (unpaired) electrons. The highest BCUT2D eigenvalue weighted by Crippen LogP contribution is 2.30. The predicted octanol–water partition coefficient (Wildman–Crippen LogP) is 4.37. The summed E-state index contributed by atoms with van der Waals surface area (Å²) in [6.45, 7) is 3.50. The molecule has 0 saturated heterocycles. The van der Waals surface area contributed by atoms with Gasteiger partial charge in [-0.25, -0.2) is 8.42 Å². The van der Waals surface area contributed by atoms with Gasteiger partial charge in [-0.1, -0.05) is 24.3 Å². The number of anilines is 2. The second-order valence-electron chi connectivity index (χ2n) is 6.92. The fourth-order valence-electron chi connectivity index (χ4n) is 3.01. The van der Waals surface area contributed by atoms with Gasteiger partial charge >= 0.3 is 0 Å². The maximum Gasteiger partial charge on any atom is 0.262 e. The number of para-hydroxylation sites is 1. The molecule has 0 aromatic heterocycles. The summed E-state index contributed by atoms with van der Waals surface area (Å²) in [7, 11) is -0.870. The number of hydrogen-bond donors (Lipinski definition) is 2. The Hall–Kier alpha value is -3.52. The molecule has 0 bridgehead atoms. The number of sulfonamides is 1. The normalized spacial score (nSPS) is 11.0. The molecule has 0 heterocycles. The minimum Gasteiger partial charge on any atom is -0.497 e. The van der Waals surface area contributed by atoms with E-state index in [4.69, 9.17) is 9.47 Å². The van der Waals surface area contributed by atoms with E-state index < -0.39 is 15.9 Å². The Morgan fingerprint density at radius 3 is 2.26 bits per heavy atom. The van der Waals surface area contributed by atoms with Crippen LogP contribution in [0.4, 0.5) is 11.4 Å². The average molecular weight is 441 g/mol. The summed E-state index contributed by atoms with van der Waals surface area (Å²) in [6, 6.07) is 16.6. The van der Waals surface area contributed by atoms with Crippen LogP contribution in [0.3, 0.4) is 0 Å². The van der Waals surface area contributed by atoms with Crippen LogP contribution in [0, 0.1) is 13.8 Å². The summed E-state index contributed by atoms with van der Waals surface area (Å²) in [5.74, 6) is 0.547. The molecule has 3 rings (SSSR count). The van der Waals surface area contributed by atoms with Crippen molar-refractivity contribution in [1.29, 1.82) is 0 Å². The van der Waals surface area contributed by atoms with E-state index in [0.29, 0.717) is 28.4 Å². The van der Waals surface area contributed by atoms with E-state index in [9.17, 15) is 13.2 Å². The van der Waals surface area contributed by atoms with Gasteiger partial charge in [0, 0.05) is 11.6 Å². The molecular formula is C23H24N2O5S. The topological polar surface area (TPSA) is 93.7 Å². The fraction of sp³-hybridized carbons (Fsp3) is 0.174. The van der Waals surface area contributed by atoms with Crippen molar-refractivity contribution in [3.8, 4) is 11.5 Å². The number of nitrogens with one attached hydrogen (secondary N) is 2. The van der Waals surface area contributed by atoms with Crippen LogP contribution >= 0.6 is 0 Å². The molecule has 7 nitrogen and oxygen atoms in total. The first-order valence-corrected chi connectivity index (χ1v) is 11.0. The highest BCUT2D eigenvalue weighted by atomic mass is 32.2. The molecule has 0 aliphatic rings. The Morgan fingerprint density at radius 2 is 1.58 bits per heavy atom. The van der Waals surface area contributed by atoms with E-state index in [-0.39, 0.29) is 10.5 Å². The Bertz CT molecular complexity index is 1220. The average Bonchev–Trinajstić information content (AvgIpc) is 2.75. The van der Waals surface area contributed by atoms with Crippen LogP contribution in [0.25, 0.3) is 0 Å². The number of carbonyl (C=O) groups excluding carboxylic acids is 1. The third-order valence-electron chi connectivity index (χ3n) is 4.79. The van der Waals surface area contributed by atoms with Crippen LogP contribution in [0.1, 0.15) is 21.5 Å². The van der Waals surface area contributed by atoms with Gasteiger partial charge in [-0.05, 0) is 55.3 Å². The van der Waals surface area contributed by atoms with Crippen LogP contribution < -0.4 is 19.5 Å². The van der Waals surface area contributed by atoms with E-state index in [1.165, 1.54) is 20.3 Å². The van der Waals surface area contributed by atoms with E-state index in [0.717, 1.165) is 5.56 Å². The molecule has 0 aliphatic carbocycles. The van der Waals surface area contributed by atoms with Crippen molar-refractivity contribution in [2.24, 2.45) is 0 Å². The number of methoxy groups -OCH3 is 2. The van der Waals surface area contributed by atoms with E-state index in [2.05, 4.69) is 10.0 Å². The fourth-order valence-corrected chi connectivity index (χ4v) is 4.42. The van der Waals surface area contributed by atoms with Crippen LogP contribution in [-0.2, 0) is 10.0 Å². The van der Waals surface area contributed by atoms with Crippen molar-refractivity contribution in [1.82, 2.24) is 0 Å². The summed E-state index contributed by atoms with van der Waals surface area (Å²) in [5, 5.41) is 2.75. The highest BCUT2D eigenvalue weighted by Gasteiger charge is 2.20. The van der Waals surface area contributed by atoms with Gasteiger partial charge in [0.05, 0.1) is 30.5 Å². The third kappa shape index (κ3) is 4.97. The van der Waals surface area contributed by atoms with Gasteiger partial charge in [-0.2, -0.15) is 0 Å². The Kier molecular flexibility index (Phi) is 6.50. The van der Waals surface area contributed by atoms with Gasteiger partial charge in [0.2, 0.25) is 0 Å². The smallest absolute Gasteiger partial charge is 0.262 e. The molecule has 31 heavy (non-hydrogen) atoms. The van der Waals surface area contributed by atoms with E-state index in [1.807, 2.05) is 19.1 Å². The Labute approximate surface area is 182 Å². The number of amides is 1. The van der Waals surface area contributed by atoms with Crippen molar-refractivity contribution < 1.29 is 22.7 Å². The SMILES string of the molecule is COc1ccc(NC(=O)c2ccc(C)c(S(=O)(=O)Nc3ccccc3C)c2)c(OC)c1. The van der Waals surface area contributed by atoms with Crippen molar-refractivity contribution in [2.75, 3.05) is 24.3 Å². The Morgan fingerprint density at radius 1 is 0.839 bits per heavy atom. The van der Waals surface area contributed by atoms with Gasteiger partial charge in [0.25, 0.3) is 15.9 Å². The molecule has 0 fully saturated rings. The maximum absolute atomic E-state index is 13.0. The lowest BCUT2D eigenvalue weighted by Gasteiger charge is -2.14. The van der Waals surface area contributed by atoms with Gasteiger partial charge in [0.15, 0.2) is 0 Å². The molecule has 0 spiro atoms. The van der Waals surface area contributed by atoms with Crippen molar-refractivity contribution >= 4 is 27.3 Å². The first kappa shape index (κ1) is 22.2. The summed E-state index contributed by atoms with van der Waals surface area (Å²) >= 11 is 0. The van der Waals surface area contributed by atoms with Gasteiger partial charge < -0.3 is 14.8 Å². The minimum atomic E-state index is -3.89. The van der Waals surface area contributed by atoms with Gasteiger partial charge in [-0.3, -0.25) is 9.52 Å². The molecule has 0 aliphatic heterocycles. The zero-order chi connectivity index (χ0) is 22.6. The molecule has 0 atom stereocenters. The lowest BCUT2D eigenvalue weighted by atomic mass is 10.1. The zero-order valence-corrected chi connectivity index (χ0v) is 18.5. The lowest BCUT2D eigenvalue weighted by Crippen LogP contribution is -2.17. The summed E-state index contributed by atoms with van der Waals surface area (Å²) in [4.78, 5) is 12.9. The standard InChI is InChI=1S/C23H24N2O5S/c1-15-7-5-6-8-19(15)25-31(27,28)22-13-17(10-9-16(22)2)23(26)24-20-12-11-18(29-3)14-21(20)30-4/h5-14,25H,1-4H3,(H,24,26). The number of benzene rings is 3. The molecule has 8 heteroatoms.